The van der Waals surface area contributed by atoms with E-state index in [1.54, 1.807) is 36.7 Å². The number of rotatable bonds is 4. The molecule has 0 unspecified atom stereocenters. The first-order chi connectivity index (χ1) is 12.1. The van der Waals surface area contributed by atoms with Gasteiger partial charge in [0.2, 0.25) is 10.8 Å². The molecule has 0 atom stereocenters. The molecule has 0 aliphatic heterocycles. The average Bonchev–Trinajstić information content (AvgIpc) is 3.29. The Morgan fingerprint density at radius 1 is 1.16 bits per heavy atom. The summed E-state index contributed by atoms with van der Waals surface area (Å²) >= 11 is 7.62. The van der Waals surface area contributed by atoms with Crippen molar-refractivity contribution in [3.63, 3.8) is 0 Å². The van der Waals surface area contributed by atoms with Crippen molar-refractivity contribution in [1.29, 1.82) is 0 Å². The van der Waals surface area contributed by atoms with Gasteiger partial charge in [-0.25, -0.2) is 0 Å². The molecular weight excluding hydrogens is 364 g/mol. The average molecular weight is 377 g/mol. The van der Waals surface area contributed by atoms with Crippen LogP contribution in [0.1, 0.15) is 0 Å². The molecule has 3 aromatic heterocycles. The van der Waals surface area contributed by atoms with Crippen molar-refractivity contribution in [1.82, 2.24) is 29.6 Å². The Hall–Kier alpha value is -2.65. The number of methoxy groups -OCH3 is 2. The highest BCUT2D eigenvalue weighted by molar-refractivity contribution is 7.19. The Morgan fingerprint density at radius 3 is 2.68 bits per heavy atom. The molecule has 0 spiro atoms. The molecule has 10 heteroatoms. The Balaban J connectivity index is 1.89. The lowest BCUT2D eigenvalue weighted by molar-refractivity contribution is 0.404. The van der Waals surface area contributed by atoms with E-state index in [1.807, 2.05) is 18.2 Å². The van der Waals surface area contributed by atoms with E-state index in [2.05, 4.69) is 20.4 Å². The summed E-state index contributed by atoms with van der Waals surface area (Å²) < 4.78 is 14.0. The van der Waals surface area contributed by atoms with Crippen LogP contribution in [0.2, 0.25) is 5.02 Å². The topological polar surface area (TPSA) is 79.4 Å². The molecule has 0 saturated heterocycles. The zero-order valence-electron chi connectivity index (χ0n) is 13.6. The third-order valence-corrected chi connectivity index (χ3v) is 4.94. The van der Waals surface area contributed by atoms with Gasteiger partial charge in [-0.3, -0.25) is 4.68 Å². The fraction of sp³-hybridized carbons (Fsp3) is 0.200. The first kappa shape index (κ1) is 15.9. The molecule has 0 saturated carbocycles. The second kappa shape index (κ2) is 6.01. The predicted molar refractivity (Wildman–Crippen MR) is 94.4 cm³/mol. The van der Waals surface area contributed by atoms with Crippen LogP contribution in [0.5, 0.6) is 11.5 Å². The van der Waals surface area contributed by atoms with E-state index in [1.165, 1.54) is 11.3 Å². The van der Waals surface area contributed by atoms with Crippen LogP contribution in [0, 0.1) is 0 Å². The number of aryl methyl sites for hydroxylation is 1. The van der Waals surface area contributed by atoms with Crippen LogP contribution in [0.3, 0.4) is 0 Å². The van der Waals surface area contributed by atoms with Crippen LogP contribution in [-0.4, -0.2) is 43.8 Å². The number of aromatic nitrogens is 6. The van der Waals surface area contributed by atoms with Gasteiger partial charge in [0.1, 0.15) is 17.2 Å². The van der Waals surface area contributed by atoms with Crippen molar-refractivity contribution < 1.29 is 9.47 Å². The van der Waals surface area contributed by atoms with Crippen molar-refractivity contribution >= 4 is 27.9 Å². The van der Waals surface area contributed by atoms with Gasteiger partial charge in [0.15, 0.2) is 5.01 Å². The van der Waals surface area contributed by atoms with Crippen LogP contribution in [0.25, 0.3) is 27.1 Å². The van der Waals surface area contributed by atoms with Gasteiger partial charge in [-0.1, -0.05) is 22.9 Å². The Kier molecular flexibility index (Phi) is 3.81. The number of ether oxygens (including phenoxy) is 2. The molecule has 0 bridgehead atoms. The van der Waals surface area contributed by atoms with E-state index in [9.17, 15) is 0 Å². The zero-order valence-corrected chi connectivity index (χ0v) is 15.2. The van der Waals surface area contributed by atoms with Crippen molar-refractivity contribution in [3.05, 3.63) is 29.4 Å². The molecule has 0 aliphatic rings. The lowest BCUT2D eigenvalue weighted by Gasteiger charge is -2.07. The minimum atomic E-state index is 0.491. The maximum absolute atomic E-state index is 6.22. The van der Waals surface area contributed by atoms with E-state index >= 15 is 0 Å². The lowest BCUT2D eigenvalue weighted by Crippen LogP contribution is -1.99. The number of hydrogen-bond acceptors (Lipinski definition) is 7. The number of hydrogen-bond donors (Lipinski definition) is 0. The van der Waals surface area contributed by atoms with Gasteiger partial charge >= 0.3 is 0 Å². The maximum atomic E-state index is 6.22. The molecule has 0 fully saturated rings. The van der Waals surface area contributed by atoms with Crippen LogP contribution >= 0.6 is 22.9 Å². The number of benzene rings is 1. The van der Waals surface area contributed by atoms with Crippen LogP contribution in [0.15, 0.2) is 24.4 Å². The molecule has 0 radical (unpaired) electrons. The summed E-state index contributed by atoms with van der Waals surface area (Å²) in [6.07, 6.45) is 1.57. The third-order valence-electron chi connectivity index (χ3n) is 3.73. The SMILES string of the molecule is COc1ccc(OC)c(-c2nn3c(-c4c(Cl)cnn4C)nnc3s2)c1. The highest BCUT2D eigenvalue weighted by Crippen LogP contribution is 2.37. The van der Waals surface area contributed by atoms with Gasteiger partial charge in [0.05, 0.1) is 31.0 Å². The molecule has 1 aromatic carbocycles. The fourth-order valence-corrected chi connectivity index (χ4v) is 3.63. The largest absolute Gasteiger partial charge is 0.497 e. The quantitative estimate of drug-likeness (QED) is 0.545. The number of fused-ring (bicyclic) bond motifs is 1. The first-order valence-electron chi connectivity index (χ1n) is 7.25. The Morgan fingerprint density at radius 2 is 2.00 bits per heavy atom. The van der Waals surface area contributed by atoms with Gasteiger partial charge in [-0.15, -0.1) is 10.2 Å². The van der Waals surface area contributed by atoms with Crippen molar-refractivity contribution in [3.8, 4) is 33.6 Å². The molecule has 128 valence electrons. The van der Waals surface area contributed by atoms with Crippen molar-refractivity contribution in [2.24, 2.45) is 7.05 Å². The van der Waals surface area contributed by atoms with Crippen LogP contribution in [-0.2, 0) is 7.05 Å². The molecule has 4 aromatic rings. The summed E-state index contributed by atoms with van der Waals surface area (Å²) in [5.74, 6) is 1.95. The van der Waals surface area contributed by atoms with E-state index in [4.69, 9.17) is 21.1 Å². The standard InChI is InChI=1S/C15H13ClN6O2S/c1-21-12(10(16)7-17-21)13-18-19-15-22(13)20-14(25-15)9-6-8(23-2)4-5-11(9)24-3/h4-7H,1-3H3. The summed E-state index contributed by atoms with van der Waals surface area (Å²) in [5, 5.41) is 18.4. The normalized spacial score (nSPS) is 11.2. The van der Waals surface area contributed by atoms with Gasteiger partial charge < -0.3 is 9.47 Å². The highest BCUT2D eigenvalue weighted by Gasteiger charge is 2.21. The summed E-state index contributed by atoms with van der Waals surface area (Å²) in [6.45, 7) is 0. The van der Waals surface area contributed by atoms with Gasteiger partial charge in [-0.05, 0) is 18.2 Å². The molecule has 0 aliphatic carbocycles. The smallest absolute Gasteiger partial charge is 0.235 e. The first-order valence-corrected chi connectivity index (χ1v) is 8.44. The maximum Gasteiger partial charge on any atom is 0.235 e. The lowest BCUT2D eigenvalue weighted by atomic mass is 10.2. The predicted octanol–water partition coefficient (Wildman–Crippen LogP) is 2.92. The molecule has 3 heterocycles. The minimum absolute atomic E-state index is 0.491. The van der Waals surface area contributed by atoms with Crippen LogP contribution in [0.4, 0.5) is 0 Å². The summed E-state index contributed by atoms with van der Waals surface area (Å²) in [5.41, 5.74) is 1.48. The van der Waals surface area contributed by atoms with E-state index < -0.39 is 0 Å². The van der Waals surface area contributed by atoms with Crippen molar-refractivity contribution in [2.45, 2.75) is 0 Å². The van der Waals surface area contributed by atoms with Crippen LogP contribution < -0.4 is 9.47 Å². The van der Waals surface area contributed by atoms with Gasteiger partial charge in [0.25, 0.3) is 0 Å². The van der Waals surface area contributed by atoms with Gasteiger partial charge in [0, 0.05) is 7.05 Å². The monoisotopic (exact) mass is 376 g/mol. The second-order valence-electron chi connectivity index (χ2n) is 5.16. The number of halogens is 1. The Bertz CT molecular complexity index is 1050. The van der Waals surface area contributed by atoms with E-state index in [0.717, 1.165) is 16.3 Å². The molecular formula is C15H13ClN6O2S. The fourth-order valence-electron chi connectivity index (χ4n) is 2.52. The molecule has 0 N–H and O–H groups in total. The van der Waals surface area contributed by atoms with E-state index in [0.29, 0.717) is 27.3 Å². The summed E-state index contributed by atoms with van der Waals surface area (Å²) in [7, 11) is 5.03. The van der Waals surface area contributed by atoms with E-state index in [-0.39, 0.29) is 0 Å². The minimum Gasteiger partial charge on any atom is -0.497 e. The molecule has 0 amide bonds. The van der Waals surface area contributed by atoms with Crippen molar-refractivity contribution in [2.75, 3.05) is 14.2 Å². The van der Waals surface area contributed by atoms with Gasteiger partial charge in [-0.2, -0.15) is 14.7 Å². The molecule has 4 rings (SSSR count). The number of nitrogens with zero attached hydrogens (tertiary/aromatic N) is 6. The summed E-state index contributed by atoms with van der Waals surface area (Å²) in [4.78, 5) is 0.645. The highest BCUT2D eigenvalue weighted by atomic mass is 35.5. The third kappa shape index (κ3) is 2.52. The summed E-state index contributed by atoms with van der Waals surface area (Å²) in [6, 6.07) is 5.56. The second-order valence-corrected chi connectivity index (χ2v) is 6.52. The zero-order chi connectivity index (χ0) is 17.6. The Labute approximate surface area is 151 Å². The molecule has 25 heavy (non-hydrogen) atoms. The molecule has 8 nitrogen and oxygen atoms in total.